The Bertz CT molecular complexity index is 371. The fraction of sp³-hybridized carbons (Fsp3) is 0.444. The lowest BCUT2D eigenvalue weighted by molar-refractivity contribution is 0.0398. The molecule has 1 fully saturated rings. The van der Waals surface area contributed by atoms with Crippen LogP contribution in [0.15, 0.2) is 15.2 Å². The van der Waals surface area contributed by atoms with Crippen LogP contribution in [-0.4, -0.2) is 30.1 Å². The number of alkyl halides is 1. The first-order valence-corrected chi connectivity index (χ1v) is 5.06. The third-order valence-electron chi connectivity index (χ3n) is 2.24. The second-order valence-corrected chi connectivity index (χ2v) is 4.11. The molecule has 0 atom stereocenters. The normalized spacial score (nSPS) is 16.9. The summed E-state index contributed by atoms with van der Waals surface area (Å²) in [6, 6.07) is 1.61. The molecule has 0 unspecified atom stereocenters. The molecule has 1 saturated heterocycles. The van der Waals surface area contributed by atoms with Crippen molar-refractivity contribution in [1.29, 1.82) is 0 Å². The smallest absolute Gasteiger partial charge is 0.257 e. The zero-order valence-electron chi connectivity index (χ0n) is 7.59. The minimum Gasteiger partial charge on any atom is -0.454 e. The Morgan fingerprint density at radius 3 is 2.79 bits per heavy atom. The van der Waals surface area contributed by atoms with Gasteiger partial charge in [0.15, 0.2) is 4.67 Å². The molecule has 14 heavy (non-hydrogen) atoms. The van der Waals surface area contributed by atoms with E-state index in [1.807, 2.05) is 0 Å². The lowest BCUT2D eigenvalue weighted by Gasteiger charge is -2.34. The average molecular weight is 262 g/mol. The Hall–Kier alpha value is -0.840. The molecule has 76 valence electrons. The van der Waals surface area contributed by atoms with Crippen molar-refractivity contribution in [2.24, 2.45) is 0 Å². The molecule has 2 rings (SSSR count). The second kappa shape index (κ2) is 3.38. The van der Waals surface area contributed by atoms with Crippen LogP contribution in [0.25, 0.3) is 0 Å². The minimum atomic E-state index is -0.866. The highest BCUT2D eigenvalue weighted by atomic mass is 79.9. The van der Waals surface area contributed by atoms with E-state index in [2.05, 4.69) is 15.9 Å². The summed E-state index contributed by atoms with van der Waals surface area (Å²) in [5, 5.41) is 0. The quantitative estimate of drug-likeness (QED) is 0.776. The Labute approximate surface area is 89.0 Å². The molecule has 1 aromatic rings. The van der Waals surface area contributed by atoms with Crippen LogP contribution in [0.2, 0.25) is 0 Å². The number of hydrogen-bond acceptors (Lipinski definition) is 2. The molecule has 0 bridgehead atoms. The Morgan fingerprint density at radius 2 is 2.36 bits per heavy atom. The van der Waals surface area contributed by atoms with Crippen molar-refractivity contribution in [3.8, 4) is 0 Å². The summed E-state index contributed by atoms with van der Waals surface area (Å²) in [5.74, 6) is 0.398. The molecule has 5 heteroatoms. The van der Waals surface area contributed by atoms with Gasteiger partial charge in [-0.05, 0) is 22.9 Å². The van der Waals surface area contributed by atoms with Crippen molar-refractivity contribution in [3.05, 3.63) is 22.1 Å². The van der Waals surface area contributed by atoms with Crippen LogP contribution in [0, 0.1) is 6.92 Å². The highest BCUT2D eigenvalue weighted by molar-refractivity contribution is 9.10. The van der Waals surface area contributed by atoms with Crippen LogP contribution in [-0.2, 0) is 0 Å². The van der Waals surface area contributed by atoms with Crippen LogP contribution < -0.4 is 0 Å². The van der Waals surface area contributed by atoms with Crippen LogP contribution in [0.4, 0.5) is 4.39 Å². The van der Waals surface area contributed by atoms with E-state index in [1.54, 1.807) is 13.0 Å². The van der Waals surface area contributed by atoms with Gasteiger partial charge in [-0.25, -0.2) is 4.39 Å². The summed E-state index contributed by atoms with van der Waals surface area (Å²) in [6.45, 7) is 2.10. The van der Waals surface area contributed by atoms with Crippen molar-refractivity contribution < 1.29 is 13.6 Å². The lowest BCUT2D eigenvalue weighted by Crippen LogP contribution is -2.51. The van der Waals surface area contributed by atoms with Gasteiger partial charge < -0.3 is 9.32 Å². The van der Waals surface area contributed by atoms with Gasteiger partial charge in [0.25, 0.3) is 5.91 Å². The van der Waals surface area contributed by atoms with E-state index in [9.17, 15) is 9.18 Å². The number of rotatable bonds is 1. The molecular weight excluding hydrogens is 253 g/mol. The predicted molar refractivity (Wildman–Crippen MR) is 51.9 cm³/mol. The number of carbonyl (C=O) groups excluding carboxylic acids is 1. The number of furan rings is 1. The third kappa shape index (κ3) is 1.56. The highest BCUT2D eigenvalue weighted by Crippen LogP contribution is 2.23. The highest BCUT2D eigenvalue weighted by Gasteiger charge is 2.32. The Balaban J connectivity index is 2.15. The zero-order valence-corrected chi connectivity index (χ0v) is 9.17. The molecule has 3 nitrogen and oxygen atoms in total. The van der Waals surface area contributed by atoms with Crippen molar-refractivity contribution in [2.75, 3.05) is 13.1 Å². The van der Waals surface area contributed by atoms with Crippen molar-refractivity contribution in [1.82, 2.24) is 4.90 Å². The molecule has 0 N–H and O–H groups in total. The number of halogens is 2. The largest absolute Gasteiger partial charge is 0.454 e. The molecule has 0 radical (unpaired) electrons. The molecule has 1 amide bonds. The van der Waals surface area contributed by atoms with Gasteiger partial charge in [-0.3, -0.25) is 4.79 Å². The molecule has 0 saturated carbocycles. The first-order chi connectivity index (χ1) is 6.58. The van der Waals surface area contributed by atoms with E-state index >= 15 is 0 Å². The molecule has 0 aromatic carbocycles. The summed E-state index contributed by atoms with van der Waals surface area (Å²) >= 11 is 3.14. The molecule has 0 spiro atoms. The summed E-state index contributed by atoms with van der Waals surface area (Å²) in [7, 11) is 0. The molecule has 1 aliphatic rings. The maximum atomic E-state index is 12.5. The standard InChI is InChI=1S/C9H9BrFNO2/c1-5-7(2-8(10)14-5)9(13)12-3-6(11)4-12/h2,6H,3-4H2,1H3. The van der Waals surface area contributed by atoms with Gasteiger partial charge in [0.1, 0.15) is 11.9 Å². The van der Waals surface area contributed by atoms with E-state index in [-0.39, 0.29) is 19.0 Å². The number of aryl methyl sites for hydroxylation is 1. The van der Waals surface area contributed by atoms with Crippen LogP contribution in [0.1, 0.15) is 16.1 Å². The number of likely N-dealkylation sites (tertiary alicyclic amines) is 1. The fourth-order valence-corrected chi connectivity index (χ4v) is 1.89. The van der Waals surface area contributed by atoms with Crippen molar-refractivity contribution in [3.63, 3.8) is 0 Å². The maximum absolute atomic E-state index is 12.5. The monoisotopic (exact) mass is 261 g/mol. The van der Waals surface area contributed by atoms with Crippen LogP contribution in [0.3, 0.4) is 0 Å². The SMILES string of the molecule is Cc1oc(Br)cc1C(=O)N1CC(F)C1. The fourth-order valence-electron chi connectivity index (χ4n) is 1.42. The molecule has 0 aliphatic carbocycles. The Kier molecular flexibility index (Phi) is 2.34. The van der Waals surface area contributed by atoms with Crippen molar-refractivity contribution in [2.45, 2.75) is 13.1 Å². The van der Waals surface area contributed by atoms with E-state index < -0.39 is 6.17 Å². The van der Waals surface area contributed by atoms with Gasteiger partial charge in [-0.1, -0.05) is 0 Å². The minimum absolute atomic E-state index is 0.161. The molecular formula is C9H9BrFNO2. The predicted octanol–water partition coefficient (Wildman–Crippen LogP) is 2.14. The van der Waals surface area contributed by atoms with E-state index in [4.69, 9.17) is 4.42 Å². The molecule has 1 aromatic heterocycles. The van der Waals surface area contributed by atoms with E-state index in [0.717, 1.165) is 0 Å². The van der Waals surface area contributed by atoms with Gasteiger partial charge in [0, 0.05) is 6.07 Å². The first kappa shape index (κ1) is 9.71. The molecule has 1 aliphatic heterocycles. The summed E-state index contributed by atoms with van der Waals surface area (Å²) in [4.78, 5) is 13.2. The maximum Gasteiger partial charge on any atom is 0.257 e. The van der Waals surface area contributed by atoms with Crippen LogP contribution in [0.5, 0.6) is 0 Å². The number of nitrogens with zero attached hydrogens (tertiary/aromatic N) is 1. The number of hydrogen-bond donors (Lipinski definition) is 0. The average Bonchev–Trinajstić information content (AvgIpc) is 2.39. The van der Waals surface area contributed by atoms with E-state index in [0.29, 0.717) is 16.0 Å². The second-order valence-electron chi connectivity index (χ2n) is 3.33. The topological polar surface area (TPSA) is 33.5 Å². The summed E-state index contributed by atoms with van der Waals surface area (Å²) in [6.07, 6.45) is -0.866. The summed E-state index contributed by atoms with van der Waals surface area (Å²) in [5.41, 5.74) is 0.503. The van der Waals surface area contributed by atoms with E-state index in [1.165, 1.54) is 4.90 Å². The third-order valence-corrected chi connectivity index (χ3v) is 2.63. The molecule has 2 heterocycles. The van der Waals surface area contributed by atoms with Crippen molar-refractivity contribution >= 4 is 21.8 Å². The van der Waals surface area contributed by atoms with Crippen LogP contribution >= 0.6 is 15.9 Å². The van der Waals surface area contributed by atoms with Gasteiger partial charge in [0.2, 0.25) is 0 Å². The number of carbonyl (C=O) groups is 1. The first-order valence-electron chi connectivity index (χ1n) is 4.27. The van der Waals surface area contributed by atoms with Gasteiger partial charge >= 0.3 is 0 Å². The van der Waals surface area contributed by atoms with Gasteiger partial charge in [0.05, 0.1) is 18.7 Å². The summed E-state index contributed by atoms with van der Waals surface area (Å²) < 4.78 is 18.2. The van der Waals surface area contributed by atoms with Gasteiger partial charge in [-0.15, -0.1) is 0 Å². The number of amides is 1. The van der Waals surface area contributed by atoms with Gasteiger partial charge in [-0.2, -0.15) is 0 Å². The zero-order chi connectivity index (χ0) is 10.3. The Morgan fingerprint density at radius 1 is 1.71 bits per heavy atom. The lowest BCUT2D eigenvalue weighted by atomic mass is 10.1.